The molecular weight excluding hydrogens is 1300 g/mol. The van der Waals surface area contributed by atoms with Crippen molar-refractivity contribution in [3.05, 3.63) is 304 Å². The highest BCUT2D eigenvalue weighted by atomic mass is 79.9. The van der Waals surface area contributed by atoms with Crippen LogP contribution in [0.25, 0.3) is 93.8 Å². The van der Waals surface area contributed by atoms with Gasteiger partial charge in [-0.2, -0.15) is 13.2 Å². The molecule has 10 aromatic carbocycles. The number of pyridine rings is 1. The summed E-state index contributed by atoms with van der Waals surface area (Å²) in [5, 5.41) is 3.03. The van der Waals surface area contributed by atoms with Crippen molar-refractivity contribution in [2.45, 2.75) is 39.3 Å². The van der Waals surface area contributed by atoms with E-state index in [1.165, 1.54) is 12.1 Å². The molecule has 450 valence electrons. The fraction of sp³-hybridized carbons (Fsp3) is 0.0789. The fourth-order valence-corrected chi connectivity index (χ4v) is 13.2. The number of allylic oxidation sites excluding steroid dienone is 2. The van der Waals surface area contributed by atoms with Crippen LogP contribution >= 0.6 is 31.9 Å². The van der Waals surface area contributed by atoms with Gasteiger partial charge in [-0.25, -0.2) is 9.56 Å². The Kier molecular flexibility index (Phi) is 15.5. The second-order valence-corrected chi connectivity index (χ2v) is 24.6. The normalized spacial score (nSPS) is 13.1. The molecule has 4 heterocycles. The largest absolute Gasteiger partial charge is 0.678 e. The van der Waals surface area contributed by atoms with Crippen molar-refractivity contribution < 1.29 is 35.8 Å². The van der Waals surface area contributed by atoms with Gasteiger partial charge in [0.1, 0.15) is 16.9 Å². The van der Waals surface area contributed by atoms with Crippen LogP contribution in [0.2, 0.25) is 0 Å². The molecule has 92 heavy (non-hydrogen) atoms. The zero-order valence-corrected chi connectivity index (χ0v) is 52.3. The summed E-state index contributed by atoms with van der Waals surface area (Å²) in [6.07, 6.45) is -1.54. The molecule has 0 N–H and O–H groups in total. The zero-order valence-electron chi connectivity index (χ0n) is 49.1. The number of ether oxygens (including phenoxy) is 1. The predicted octanol–water partition coefficient (Wildman–Crippen LogP) is 19.9. The van der Waals surface area contributed by atoms with Crippen molar-refractivity contribution in [1.29, 1.82) is 0 Å². The van der Waals surface area contributed by atoms with E-state index < -0.39 is 36.2 Å². The van der Waals surface area contributed by atoms with Gasteiger partial charge in [-0.3, -0.25) is 23.0 Å². The summed E-state index contributed by atoms with van der Waals surface area (Å²) in [7, 11) is -3.00. The Morgan fingerprint density at radius 2 is 1.16 bits per heavy atom. The van der Waals surface area contributed by atoms with E-state index in [0.717, 1.165) is 58.0 Å². The van der Waals surface area contributed by atoms with Crippen LogP contribution in [0.4, 0.5) is 21.8 Å². The van der Waals surface area contributed by atoms with Crippen LogP contribution in [0.1, 0.15) is 57.5 Å². The SMILES string of the molecule is Cc1cc(OC(=O)CCCc2ccc(-n3c(=O)c4ccc5oc6ccc(-c7ccc(C(F)(F)F)cc7)cc6c6ccc(c3=O)c4c56)cc2)cc(C)c1/C(=C1/N=C(c2ccc(Br)cc2)C=C1c1ccccc1)c1c(-c2ccccc2)cc(-c2ccc(Br)cc2)n1B(F)F. The van der Waals surface area contributed by atoms with E-state index in [2.05, 4.69) is 31.9 Å². The number of halogens is 7. The van der Waals surface area contributed by atoms with Crippen LogP contribution in [0.5, 0.6) is 5.75 Å². The number of aromatic nitrogens is 2. The lowest BCUT2D eigenvalue weighted by Crippen LogP contribution is -2.31. The standard InChI is InChI=1S/C76H49BBr2F5N3O5/c1-43-38-56(39-44(2)68(43)71(72-60(47-11-5-3-6-12-47)41-63(85-72)49-20-27-53(78)28-21-49)73-61(48-13-7-4-8-14-48)42-64(87(73)77(83)84)50-22-29-54(79)30-23-50)91-67(88)15-9-10-45-16-31-55(32-17-45)86-74(89)58-34-33-57-62-40-51(46-18-25-52(26-19-46)76(80,81)82)24-36-65(62)92-66-37-35-59(75(86)90)69(58)70(57)66/h3-8,11-14,16-42H,9-10,15H2,1-2H3/b72-71-. The molecule has 14 rings (SSSR count). The third-order valence-electron chi connectivity index (χ3n) is 17.0. The van der Waals surface area contributed by atoms with Gasteiger partial charge in [0, 0.05) is 70.3 Å². The summed E-state index contributed by atoms with van der Waals surface area (Å²) in [6, 6.07) is 63.9. The van der Waals surface area contributed by atoms with Gasteiger partial charge in [0.05, 0.1) is 28.4 Å². The van der Waals surface area contributed by atoms with E-state index in [0.29, 0.717) is 124 Å². The van der Waals surface area contributed by atoms with Crippen LogP contribution in [-0.4, -0.2) is 28.1 Å². The number of fused-ring (bicyclic) bond motifs is 2. The van der Waals surface area contributed by atoms with Gasteiger partial charge in [0.2, 0.25) is 0 Å². The number of hydrogen-bond donors (Lipinski definition) is 0. The van der Waals surface area contributed by atoms with Crippen LogP contribution < -0.4 is 15.9 Å². The second kappa shape index (κ2) is 24.0. The number of nitrogens with zero attached hydrogens (tertiary/aromatic N) is 3. The molecule has 0 radical (unpaired) electrons. The minimum Gasteiger partial charge on any atom is -0.456 e. The van der Waals surface area contributed by atoms with Crippen molar-refractivity contribution in [1.82, 2.24) is 9.05 Å². The Balaban J connectivity index is 0.760. The zero-order chi connectivity index (χ0) is 63.7. The maximum absolute atomic E-state index is 16.5. The molecule has 8 nitrogen and oxygen atoms in total. The lowest BCUT2D eigenvalue weighted by molar-refractivity contribution is -0.137. The van der Waals surface area contributed by atoms with Crippen molar-refractivity contribution in [2.24, 2.45) is 4.99 Å². The lowest BCUT2D eigenvalue weighted by atomic mass is 9.86. The minimum absolute atomic E-state index is 0.0509. The van der Waals surface area contributed by atoms with E-state index >= 15 is 8.63 Å². The first-order valence-corrected chi connectivity index (χ1v) is 31.2. The molecular formula is C76H49BBr2F5N3O5. The van der Waals surface area contributed by atoms with Gasteiger partial charge in [-0.1, -0.05) is 153 Å². The van der Waals surface area contributed by atoms with Gasteiger partial charge in [-0.15, -0.1) is 0 Å². The smallest absolute Gasteiger partial charge is 0.456 e. The first-order valence-electron chi connectivity index (χ1n) is 29.6. The van der Waals surface area contributed by atoms with Crippen molar-refractivity contribution in [3.63, 3.8) is 0 Å². The number of carbonyl (C=O) groups excluding carboxylic acids is 1. The maximum Gasteiger partial charge on any atom is 0.678 e. The van der Waals surface area contributed by atoms with E-state index in [4.69, 9.17) is 14.1 Å². The van der Waals surface area contributed by atoms with E-state index in [9.17, 15) is 27.6 Å². The first kappa shape index (κ1) is 59.6. The number of esters is 1. The number of alkyl halides is 3. The molecule has 1 aliphatic heterocycles. The molecule has 16 heteroatoms. The quantitative estimate of drug-likeness (QED) is 0.0270. The van der Waals surface area contributed by atoms with Gasteiger partial charge >= 0.3 is 19.5 Å². The van der Waals surface area contributed by atoms with Gasteiger partial charge in [-0.05, 0) is 185 Å². The maximum atomic E-state index is 16.5. The summed E-state index contributed by atoms with van der Waals surface area (Å²) in [5.41, 5.74) is 10.1. The molecule has 3 aromatic heterocycles. The molecule has 0 spiro atoms. The van der Waals surface area contributed by atoms with E-state index in [-0.39, 0.29) is 17.9 Å². The average molecular weight is 1350 g/mol. The number of carbonyl (C=O) groups is 1. The Bertz CT molecular complexity index is 5260. The minimum atomic E-state index is -4.47. The van der Waals surface area contributed by atoms with E-state index in [1.807, 2.05) is 153 Å². The summed E-state index contributed by atoms with van der Waals surface area (Å²) >= 11 is 7.09. The van der Waals surface area contributed by atoms with Crippen LogP contribution in [0, 0.1) is 13.8 Å². The topological polar surface area (TPSA) is 95.8 Å². The van der Waals surface area contributed by atoms with Crippen molar-refractivity contribution in [3.8, 4) is 44.9 Å². The fourth-order valence-electron chi connectivity index (χ4n) is 12.7. The van der Waals surface area contributed by atoms with Crippen LogP contribution in [0.15, 0.2) is 258 Å². The molecule has 0 unspecified atom stereocenters. The highest BCUT2D eigenvalue weighted by Gasteiger charge is 2.36. The Morgan fingerprint density at radius 1 is 0.587 bits per heavy atom. The van der Waals surface area contributed by atoms with Crippen LogP contribution in [-0.2, 0) is 17.4 Å². The molecule has 0 saturated heterocycles. The highest BCUT2D eigenvalue weighted by Crippen LogP contribution is 2.48. The molecule has 0 bridgehead atoms. The molecule has 0 aliphatic carbocycles. The number of aryl methyl sites for hydroxylation is 3. The number of hydrogen-bond acceptors (Lipinski definition) is 6. The predicted molar refractivity (Wildman–Crippen MR) is 364 cm³/mol. The van der Waals surface area contributed by atoms with E-state index in [1.54, 1.807) is 60.7 Å². The monoisotopic (exact) mass is 1350 g/mol. The lowest BCUT2D eigenvalue weighted by Gasteiger charge is -2.22. The number of benzene rings is 10. The van der Waals surface area contributed by atoms with Gasteiger partial charge in [0.15, 0.2) is 0 Å². The van der Waals surface area contributed by atoms with Crippen LogP contribution in [0.3, 0.4) is 0 Å². The Morgan fingerprint density at radius 3 is 1.79 bits per heavy atom. The van der Waals surface area contributed by atoms with Gasteiger partial charge < -0.3 is 13.6 Å². The van der Waals surface area contributed by atoms with Crippen molar-refractivity contribution in [2.75, 3.05) is 0 Å². The Labute approximate surface area is 540 Å². The molecule has 1 aliphatic rings. The summed E-state index contributed by atoms with van der Waals surface area (Å²) in [4.78, 5) is 48.1. The molecule has 0 amide bonds. The number of aliphatic imine (C=N–C) groups is 1. The molecule has 0 fully saturated rings. The van der Waals surface area contributed by atoms with Crippen molar-refractivity contribution >= 4 is 106 Å². The number of rotatable bonds is 14. The third kappa shape index (κ3) is 11.0. The average Bonchev–Trinajstić information content (AvgIpc) is 1.26. The molecule has 13 aromatic rings. The summed E-state index contributed by atoms with van der Waals surface area (Å²) < 4.78 is 89.4. The summed E-state index contributed by atoms with van der Waals surface area (Å²) in [6.45, 7) is 3.77. The molecule has 0 saturated carbocycles. The summed E-state index contributed by atoms with van der Waals surface area (Å²) in [5.74, 6) is -0.190. The first-order chi connectivity index (χ1) is 44.4. The highest BCUT2D eigenvalue weighted by molar-refractivity contribution is 9.10. The molecule has 0 atom stereocenters. The third-order valence-corrected chi connectivity index (χ3v) is 18.0. The van der Waals surface area contributed by atoms with Gasteiger partial charge in [0.25, 0.3) is 11.1 Å². The Hall–Kier alpha value is -10.0. The second-order valence-electron chi connectivity index (χ2n) is 22.7.